The lowest BCUT2D eigenvalue weighted by Gasteiger charge is -2.34. The van der Waals surface area contributed by atoms with Crippen LogP contribution in [0, 0.1) is 0 Å². The summed E-state index contributed by atoms with van der Waals surface area (Å²) in [5, 5.41) is 3.36. The highest BCUT2D eigenvalue weighted by molar-refractivity contribution is 5.79. The summed E-state index contributed by atoms with van der Waals surface area (Å²) in [6, 6.07) is 4.19. The second-order valence-corrected chi connectivity index (χ2v) is 4.72. The quantitative estimate of drug-likeness (QED) is 0.870. The van der Waals surface area contributed by atoms with Gasteiger partial charge in [0.2, 0.25) is 5.91 Å². The molecule has 0 spiro atoms. The van der Waals surface area contributed by atoms with Crippen LogP contribution in [0.3, 0.4) is 0 Å². The molecule has 1 aromatic rings. The number of aromatic nitrogens is 1. The minimum atomic E-state index is 0.208. The number of carbonyl (C=O) groups is 1. The Labute approximate surface area is 108 Å². The summed E-state index contributed by atoms with van der Waals surface area (Å²) >= 11 is 0. The van der Waals surface area contributed by atoms with Gasteiger partial charge in [-0.25, -0.2) is 0 Å². The lowest BCUT2D eigenvalue weighted by Crippen LogP contribution is -2.49. The van der Waals surface area contributed by atoms with Gasteiger partial charge in [-0.05, 0) is 37.9 Å². The van der Waals surface area contributed by atoms with Gasteiger partial charge in [0.15, 0.2) is 0 Å². The van der Waals surface area contributed by atoms with E-state index in [1.807, 2.05) is 17.0 Å². The van der Waals surface area contributed by atoms with Crippen molar-refractivity contribution in [1.29, 1.82) is 0 Å². The van der Waals surface area contributed by atoms with Gasteiger partial charge in [-0.2, -0.15) is 0 Å². The van der Waals surface area contributed by atoms with Gasteiger partial charge in [0.05, 0.1) is 6.42 Å². The molecule has 2 heterocycles. The fourth-order valence-corrected chi connectivity index (χ4v) is 2.52. The lowest BCUT2D eigenvalue weighted by molar-refractivity contribution is -0.132. The minimum Gasteiger partial charge on any atom is -0.338 e. The maximum atomic E-state index is 12.3. The van der Waals surface area contributed by atoms with E-state index in [4.69, 9.17) is 0 Å². The number of nitrogens with zero attached hydrogens (tertiary/aromatic N) is 2. The van der Waals surface area contributed by atoms with Gasteiger partial charge in [-0.3, -0.25) is 9.78 Å². The van der Waals surface area contributed by atoms with Crippen molar-refractivity contribution in [2.24, 2.45) is 0 Å². The van der Waals surface area contributed by atoms with E-state index in [9.17, 15) is 4.79 Å². The zero-order valence-electron chi connectivity index (χ0n) is 10.9. The summed E-state index contributed by atoms with van der Waals surface area (Å²) in [7, 11) is 0. The zero-order chi connectivity index (χ0) is 12.8. The Balaban J connectivity index is 1.96. The lowest BCUT2D eigenvalue weighted by atomic mass is 10.0. The summed E-state index contributed by atoms with van der Waals surface area (Å²) in [5.41, 5.74) is 0.990. The molecule has 1 fully saturated rings. The highest BCUT2D eigenvalue weighted by atomic mass is 16.2. The van der Waals surface area contributed by atoms with Crippen molar-refractivity contribution in [2.75, 3.05) is 19.6 Å². The number of nitrogens with one attached hydrogen (secondary N) is 1. The second-order valence-electron chi connectivity index (χ2n) is 4.72. The summed E-state index contributed by atoms with van der Waals surface area (Å²) in [4.78, 5) is 18.4. The maximum Gasteiger partial charge on any atom is 0.227 e. The van der Waals surface area contributed by atoms with Gasteiger partial charge in [0, 0.05) is 31.5 Å². The average Bonchev–Trinajstić information content (AvgIpc) is 2.42. The van der Waals surface area contributed by atoms with Gasteiger partial charge in [-0.1, -0.05) is 6.07 Å². The molecule has 0 radical (unpaired) electrons. The van der Waals surface area contributed by atoms with E-state index >= 15 is 0 Å². The predicted molar refractivity (Wildman–Crippen MR) is 71.2 cm³/mol. The standard InChI is InChI=1S/C14H21N3O/c1-2-17(13-6-4-8-16-11-13)14(18)9-12-5-3-7-15-10-12/h3,5,7,10,13,16H,2,4,6,8-9,11H2,1H3. The van der Waals surface area contributed by atoms with Gasteiger partial charge in [-0.15, -0.1) is 0 Å². The first-order valence-corrected chi connectivity index (χ1v) is 6.70. The number of carbonyl (C=O) groups excluding carboxylic acids is 1. The van der Waals surface area contributed by atoms with Crippen LogP contribution in [0.5, 0.6) is 0 Å². The monoisotopic (exact) mass is 247 g/mol. The second kappa shape index (κ2) is 6.50. The van der Waals surface area contributed by atoms with Crippen molar-refractivity contribution >= 4 is 5.91 Å². The normalized spacial score (nSPS) is 19.5. The molecule has 2 rings (SSSR count). The minimum absolute atomic E-state index is 0.208. The third kappa shape index (κ3) is 3.29. The molecule has 0 saturated carbocycles. The van der Waals surface area contributed by atoms with Gasteiger partial charge in [0.1, 0.15) is 0 Å². The summed E-state index contributed by atoms with van der Waals surface area (Å²) in [6.07, 6.45) is 6.22. The molecule has 18 heavy (non-hydrogen) atoms. The third-order valence-corrected chi connectivity index (χ3v) is 3.45. The predicted octanol–water partition coefficient (Wildman–Crippen LogP) is 1.22. The summed E-state index contributed by atoms with van der Waals surface area (Å²) in [6.45, 7) is 4.83. The summed E-state index contributed by atoms with van der Waals surface area (Å²) in [5.74, 6) is 0.208. The van der Waals surface area contributed by atoms with Crippen LogP contribution < -0.4 is 5.32 Å². The van der Waals surface area contributed by atoms with Crippen LogP contribution in [0.15, 0.2) is 24.5 Å². The van der Waals surface area contributed by atoms with E-state index in [-0.39, 0.29) is 5.91 Å². The average molecular weight is 247 g/mol. The molecule has 1 aliphatic rings. The molecule has 4 heteroatoms. The van der Waals surface area contributed by atoms with Crippen LogP contribution >= 0.6 is 0 Å². The molecule has 4 nitrogen and oxygen atoms in total. The first-order chi connectivity index (χ1) is 8.81. The largest absolute Gasteiger partial charge is 0.338 e. The van der Waals surface area contributed by atoms with Crippen molar-refractivity contribution in [2.45, 2.75) is 32.2 Å². The van der Waals surface area contributed by atoms with Crippen LogP contribution in [-0.4, -0.2) is 41.5 Å². The van der Waals surface area contributed by atoms with Gasteiger partial charge < -0.3 is 10.2 Å². The molecule has 0 aliphatic carbocycles. The Bertz CT molecular complexity index is 374. The Kier molecular flexibility index (Phi) is 4.70. The van der Waals surface area contributed by atoms with Crippen LogP contribution in [0.1, 0.15) is 25.3 Å². The highest BCUT2D eigenvalue weighted by Gasteiger charge is 2.23. The van der Waals surface area contributed by atoms with Crippen LogP contribution in [-0.2, 0) is 11.2 Å². The molecule has 98 valence electrons. The topological polar surface area (TPSA) is 45.2 Å². The number of likely N-dealkylation sites (N-methyl/N-ethyl adjacent to an activating group) is 1. The first-order valence-electron chi connectivity index (χ1n) is 6.70. The molecule has 1 unspecified atom stereocenters. The van der Waals surface area contributed by atoms with E-state index in [0.717, 1.165) is 38.0 Å². The Morgan fingerprint density at radius 1 is 1.61 bits per heavy atom. The molecular weight excluding hydrogens is 226 g/mol. The number of hydrogen-bond donors (Lipinski definition) is 1. The van der Waals surface area contributed by atoms with Crippen LogP contribution in [0.4, 0.5) is 0 Å². The van der Waals surface area contributed by atoms with Crippen LogP contribution in [0.25, 0.3) is 0 Å². The number of amides is 1. The zero-order valence-corrected chi connectivity index (χ0v) is 10.9. The molecule has 1 atom stereocenters. The molecule has 1 saturated heterocycles. The molecule has 1 aliphatic heterocycles. The Morgan fingerprint density at radius 3 is 3.11 bits per heavy atom. The number of hydrogen-bond acceptors (Lipinski definition) is 3. The van der Waals surface area contributed by atoms with E-state index in [1.54, 1.807) is 12.4 Å². The van der Waals surface area contributed by atoms with Gasteiger partial charge >= 0.3 is 0 Å². The van der Waals surface area contributed by atoms with Crippen molar-refractivity contribution in [3.05, 3.63) is 30.1 Å². The Hall–Kier alpha value is -1.42. The molecule has 1 aromatic heterocycles. The molecule has 0 aromatic carbocycles. The number of rotatable bonds is 4. The maximum absolute atomic E-state index is 12.3. The van der Waals surface area contributed by atoms with E-state index in [1.165, 1.54) is 0 Å². The fraction of sp³-hybridized carbons (Fsp3) is 0.571. The van der Waals surface area contributed by atoms with Gasteiger partial charge in [0.25, 0.3) is 0 Å². The van der Waals surface area contributed by atoms with Crippen molar-refractivity contribution in [3.63, 3.8) is 0 Å². The van der Waals surface area contributed by atoms with E-state index < -0.39 is 0 Å². The molecule has 0 bridgehead atoms. The van der Waals surface area contributed by atoms with E-state index in [2.05, 4.69) is 17.2 Å². The SMILES string of the molecule is CCN(C(=O)Cc1cccnc1)C1CCCNC1. The Morgan fingerprint density at radius 2 is 2.50 bits per heavy atom. The van der Waals surface area contributed by atoms with Crippen molar-refractivity contribution in [3.8, 4) is 0 Å². The third-order valence-electron chi connectivity index (χ3n) is 3.45. The summed E-state index contributed by atoms with van der Waals surface area (Å²) < 4.78 is 0. The molecule has 1 amide bonds. The van der Waals surface area contributed by atoms with Crippen molar-refractivity contribution < 1.29 is 4.79 Å². The van der Waals surface area contributed by atoms with E-state index in [0.29, 0.717) is 12.5 Å². The molecule has 1 N–H and O–H groups in total. The molecular formula is C14H21N3O. The fourth-order valence-electron chi connectivity index (χ4n) is 2.52. The first kappa shape index (κ1) is 13.0. The van der Waals surface area contributed by atoms with Crippen LogP contribution in [0.2, 0.25) is 0 Å². The highest BCUT2D eigenvalue weighted by Crippen LogP contribution is 2.12. The van der Waals surface area contributed by atoms with Crippen molar-refractivity contribution in [1.82, 2.24) is 15.2 Å². The number of piperidine rings is 1. The number of pyridine rings is 1. The smallest absolute Gasteiger partial charge is 0.227 e.